The zero-order valence-corrected chi connectivity index (χ0v) is 13.8. The minimum atomic E-state index is -0.705. The number of aryl methyl sites for hydroxylation is 2. The third-order valence-corrected chi connectivity index (χ3v) is 3.98. The third kappa shape index (κ3) is 3.28. The number of ketones is 1. The number of carbonyl (C=O) groups excluding carboxylic acids is 2. The molecule has 0 bridgehead atoms. The quantitative estimate of drug-likeness (QED) is 0.679. The van der Waals surface area contributed by atoms with E-state index in [2.05, 4.69) is 0 Å². The van der Waals surface area contributed by atoms with E-state index in [9.17, 15) is 14.7 Å². The number of phenolic OH excluding ortho intramolecular Hbond substituents is 1. The number of para-hydroxylation sites is 1. The Labute approximate surface area is 135 Å². The van der Waals surface area contributed by atoms with E-state index in [4.69, 9.17) is 4.74 Å². The number of nitrogens with zero attached hydrogens (tertiary/aromatic N) is 1. The summed E-state index contributed by atoms with van der Waals surface area (Å²) in [5.74, 6) is -1.07. The lowest BCUT2D eigenvalue weighted by Gasteiger charge is -2.08. The fourth-order valence-electron chi connectivity index (χ4n) is 2.68. The highest BCUT2D eigenvalue weighted by Gasteiger charge is 2.19. The zero-order valence-electron chi connectivity index (χ0n) is 13.8. The molecular formula is C18H21NO4. The molecule has 2 aromatic rings. The van der Waals surface area contributed by atoms with Crippen LogP contribution in [0.25, 0.3) is 0 Å². The second-order valence-electron chi connectivity index (χ2n) is 5.50. The molecule has 1 aromatic heterocycles. The molecule has 0 atom stereocenters. The Hall–Kier alpha value is -2.56. The van der Waals surface area contributed by atoms with Gasteiger partial charge in [-0.25, -0.2) is 4.79 Å². The summed E-state index contributed by atoms with van der Waals surface area (Å²) in [4.78, 5) is 24.3. The first-order valence-corrected chi connectivity index (χ1v) is 7.52. The van der Waals surface area contributed by atoms with Gasteiger partial charge in [0.05, 0.1) is 0 Å². The van der Waals surface area contributed by atoms with Crippen LogP contribution in [0.5, 0.6) is 5.75 Å². The van der Waals surface area contributed by atoms with Crippen LogP contribution in [0.2, 0.25) is 0 Å². The van der Waals surface area contributed by atoms with Crippen molar-refractivity contribution in [3.05, 3.63) is 52.3 Å². The largest absolute Gasteiger partial charge is 0.507 e. The Morgan fingerprint density at radius 2 is 1.87 bits per heavy atom. The van der Waals surface area contributed by atoms with Crippen LogP contribution in [0.3, 0.4) is 0 Å². The number of esters is 1. The normalized spacial score (nSPS) is 10.6. The highest BCUT2D eigenvalue weighted by molar-refractivity contribution is 6.01. The van der Waals surface area contributed by atoms with Crippen molar-refractivity contribution in [2.45, 2.75) is 34.2 Å². The topological polar surface area (TPSA) is 68.5 Å². The maximum absolute atomic E-state index is 12.3. The Kier molecular flexibility index (Phi) is 4.89. The maximum Gasteiger partial charge on any atom is 0.342 e. The predicted octanol–water partition coefficient (Wildman–Crippen LogP) is 3.18. The molecule has 5 nitrogen and oxygen atoms in total. The second kappa shape index (κ2) is 6.69. The molecule has 0 aliphatic carbocycles. The molecule has 5 heteroatoms. The van der Waals surface area contributed by atoms with Crippen LogP contribution in [-0.2, 0) is 11.3 Å². The molecule has 23 heavy (non-hydrogen) atoms. The highest BCUT2D eigenvalue weighted by Crippen LogP contribution is 2.22. The fraction of sp³-hybridized carbons (Fsp3) is 0.333. The monoisotopic (exact) mass is 315 g/mol. The van der Waals surface area contributed by atoms with E-state index in [-0.39, 0.29) is 23.7 Å². The number of Topliss-reactive ketones (excluding diaryl/α,β-unsaturated/α-hetero) is 1. The number of benzene rings is 1. The number of ether oxygens (including phenoxy) is 1. The van der Waals surface area contributed by atoms with Crippen molar-refractivity contribution in [1.29, 1.82) is 0 Å². The Balaban J connectivity index is 2.10. The van der Waals surface area contributed by atoms with Crippen LogP contribution < -0.4 is 0 Å². The lowest BCUT2D eigenvalue weighted by molar-refractivity contribution is 0.0471. The molecule has 0 saturated carbocycles. The predicted molar refractivity (Wildman–Crippen MR) is 87.0 cm³/mol. The number of phenols is 1. The van der Waals surface area contributed by atoms with Crippen molar-refractivity contribution in [1.82, 2.24) is 4.57 Å². The first kappa shape index (κ1) is 16.8. The Bertz CT molecular complexity index is 759. The molecule has 1 aromatic carbocycles. The van der Waals surface area contributed by atoms with Crippen molar-refractivity contribution in [3.8, 4) is 5.75 Å². The second-order valence-corrected chi connectivity index (χ2v) is 5.50. The molecule has 0 saturated heterocycles. The van der Waals surface area contributed by atoms with E-state index >= 15 is 0 Å². The van der Waals surface area contributed by atoms with Crippen molar-refractivity contribution in [2.75, 3.05) is 6.61 Å². The van der Waals surface area contributed by atoms with Gasteiger partial charge in [-0.2, -0.15) is 0 Å². The molecule has 122 valence electrons. The van der Waals surface area contributed by atoms with Gasteiger partial charge in [0.1, 0.15) is 11.3 Å². The number of aromatic hydroxyl groups is 1. The number of aromatic nitrogens is 1. The van der Waals surface area contributed by atoms with Gasteiger partial charge in [0, 0.05) is 23.5 Å². The van der Waals surface area contributed by atoms with Gasteiger partial charge in [0.25, 0.3) is 0 Å². The van der Waals surface area contributed by atoms with Gasteiger partial charge < -0.3 is 14.4 Å². The summed E-state index contributed by atoms with van der Waals surface area (Å²) in [7, 11) is 0. The standard InChI is InChI=1S/C18H21NO4/c1-5-19-12(3)9-15(13(19)4)16(20)10-23-18(22)14-8-6-7-11(2)17(14)21/h6-9,21H,5,10H2,1-4H3. The molecule has 0 amide bonds. The molecule has 0 spiro atoms. The maximum atomic E-state index is 12.3. The van der Waals surface area contributed by atoms with Crippen LogP contribution in [0, 0.1) is 20.8 Å². The van der Waals surface area contributed by atoms with Gasteiger partial charge in [-0.15, -0.1) is 0 Å². The van der Waals surface area contributed by atoms with Crippen molar-refractivity contribution in [3.63, 3.8) is 0 Å². The summed E-state index contributed by atoms with van der Waals surface area (Å²) in [5, 5.41) is 9.88. The van der Waals surface area contributed by atoms with E-state index in [0.717, 1.165) is 17.9 Å². The lowest BCUT2D eigenvalue weighted by Crippen LogP contribution is -2.15. The molecule has 1 N–H and O–H groups in total. The van der Waals surface area contributed by atoms with Gasteiger partial charge in [0.2, 0.25) is 5.78 Å². The number of hydrogen-bond donors (Lipinski definition) is 1. The average molecular weight is 315 g/mol. The first-order chi connectivity index (χ1) is 10.9. The summed E-state index contributed by atoms with van der Waals surface area (Å²) in [5.41, 5.74) is 3.07. The lowest BCUT2D eigenvalue weighted by atomic mass is 10.1. The molecular weight excluding hydrogens is 294 g/mol. The van der Waals surface area contributed by atoms with E-state index in [1.807, 2.05) is 25.3 Å². The van der Waals surface area contributed by atoms with Crippen LogP contribution in [0.15, 0.2) is 24.3 Å². The minimum Gasteiger partial charge on any atom is -0.507 e. The van der Waals surface area contributed by atoms with Crippen molar-refractivity contribution < 1.29 is 19.4 Å². The Morgan fingerprint density at radius 3 is 2.48 bits per heavy atom. The van der Waals surface area contributed by atoms with E-state index < -0.39 is 5.97 Å². The highest BCUT2D eigenvalue weighted by atomic mass is 16.5. The summed E-state index contributed by atoms with van der Waals surface area (Å²) >= 11 is 0. The SMILES string of the molecule is CCn1c(C)cc(C(=O)COC(=O)c2cccc(C)c2O)c1C. The molecule has 0 aliphatic heterocycles. The van der Waals surface area contributed by atoms with Crippen LogP contribution >= 0.6 is 0 Å². The molecule has 1 heterocycles. The molecule has 2 rings (SSSR count). The van der Waals surface area contributed by atoms with Crippen LogP contribution in [0.4, 0.5) is 0 Å². The van der Waals surface area contributed by atoms with Crippen LogP contribution in [-0.4, -0.2) is 28.0 Å². The molecule has 0 fully saturated rings. The Morgan fingerprint density at radius 1 is 1.17 bits per heavy atom. The number of carbonyl (C=O) groups is 2. The smallest absolute Gasteiger partial charge is 0.342 e. The van der Waals surface area contributed by atoms with Crippen molar-refractivity contribution in [2.24, 2.45) is 0 Å². The average Bonchev–Trinajstić information content (AvgIpc) is 2.81. The van der Waals surface area contributed by atoms with Gasteiger partial charge in [-0.3, -0.25) is 4.79 Å². The van der Waals surface area contributed by atoms with E-state index in [1.165, 1.54) is 6.07 Å². The molecule has 0 aliphatic rings. The summed E-state index contributed by atoms with van der Waals surface area (Å²) in [6, 6.07) is 6.62. The van der Waals surface area contributed by atoms with Gasteiger partial charge in [-0.05, 0) is 45.4 Å². The van der Waals surface area contributed by atoms with Gasteiger partial charge in [-0.1, -0.05) is 12.1 Å². The van der Waals surface area contributed by atoms with E-state index in [1.54, 1.807) is 25.1 Å². The summed E-state index contributed by atoms with van der Waals surface area (Å²) in [6.07, 6.45) is 0. The zero-order chi connectivity index (χ0) is 17.1. The number of rotatable bonds is 5. The van der Waals surface area contributed by atoms with Gasteiger partial charge in [0.15, 0.2) is 6.61 Å². The summed E-state index contributed by atoms with van der Waals surface area (Å²) < 4.78 is 7.09. The van der Waals surface area contributed by atoms with Crippen molar-refractivity contribution >= 4 is 11.8 Å². The van der Waals surface area contributed by atoms with Crippen LogP contribution in [0.1, 0.15) is 44.6 Å². The first-order valence-electron chi connectivity index (χ1n) is 7.52. The van der Waals surface area contributed by atoms with Gasteiger partial charge >= 0.3 is 5.97 Å². The molecule has 0 radical (unpaired) electrons. The fourth-order valence-corrected chi connectivity index (χ4v) is 2.68. The minimum absolute atomic E-state index is 0.0665. The third-order valence-electron chi connectivity index (χ3n) is 3.98. The molecule has 0 unspecified atom stereocenters. The van der Waals surface area contributed by atoms with E-state index in [0.29, 0.717) is 11.1 Å². The number of hydrogen-bond acceptors (Lipinski definition) is 4. The summed E-state index contributed by atoms with van der Waals surface area (Å²) in [6.45, 7) is 7.94.